The maximum Gasteiger partial charge on any atom is 0.249 e. The molecule has 0 aromatic rings. The van der Waals surface area contributed by atoms with Crippen molar-refractivity contribution in [3.63, 3.8) is 0 Å². The van der Waals surface area contributed by atoms with E-state index in [1.54, 1.807) is 0 Å². The third-order valence-corrected chi connectivity index (χ3v) is 4.85. The van der Waals surface area contributed by atoms with Gasteiger partial charge in [-0.05, 0) is 43.9 Å². The molecule has 128 valence electrons. The minimum atomic E-state index is -0.898. The summed E-state index contributed by atoms with van der Waals surface area (Å²) in [7, 11) is 0. The first-order valence-corrected chi connectivity index (χ1v) is 8.74. The molecule has 0 aliphatic carbocycles. The molecular weight excluding hydrogens is 280 g/mol. The van der Waals surface area contributed by atoms with E-state index in [0.717, 1.165) is 44.3 Å². The van der Waals surface area contributed by atoms with Crippen LogP contribution in [0.2, 0.25) is 0 Å². The molecule has 1 amide bonds. The van der Waals surface area contributed by atoms with Crippen molar-refractivity contribution >= 4 is 5.91 Å². The second-order valence-corrected chi connectivity index (χ2v) is 7.47. The van der Waals surface area contributed by atoms with Crippen LogP contribution in [0.3, 0.4) is 0 Å². The van der Waals surface area contributed by atoms with Crippen LogP contribution in [0.1, 0.15) is 40.0 Å². The summed E-state index contributed by atoms with van der Waals surface area (Å²) in [5.41, 5.74) is 0. The van der Waals surface area contributed by atoms with Crippen LogP contribution in [0, 0.1) is 17.8 Å². The zero-order chi connectivity index (χ0) is 16.1. The Bertz CT molecular complexity index is 348. The summed E-state index contributed by atoms with van der Waals surface area (Å²) >= 11 is 0. The van der Waals surface area contributed by atoms with E-state index in [9.17, 15) is 9.90 Å². The molecule has 0 saturated carbocycles. The van der Waals surface area contributed by atoms with Crippen LogP contribution in [0.25, 0.3) is 0 Å². The topological polar surface area (TPSA) is 61.8 Å². The average Bonchev–Trinajstić information content (AvgIpc) is 2.46. The molecule has 0 bridgehead atoms. The van der Waals surface area contributed by atoms with Crippen LogP contribution in [0.15, 0.2) is 0 Å². The highest BCUT2D eigenvalue weighted by Crippen LogP contribution is 2.21. The second kappa shape index (κ2) is 8.27. The lowest BCUT2D eigenvalue weighted by atomic mass is 9.91. The van der Waals surface area contributed by atoms with Crippen molar-refractivity contribution < 1.29 is 14.6 Å². The zero-order valence-corrected chi connectivity index (χ0v) is 14.3. The fourth-order valence-electron chi connectivity index (χ4n) is 3.95. The first-order chi connectivity index (χ1) is 10.5. The van der Waals surface area contributed by atoms with E-state index < -0.39 is 6.10 Å². The summed E-state index contributed by atoms with van der Waals surface area (Å²) in [6.07, 6.45) is 1.93. The lowest BCUT2D eigenvalue weighted by molar-refractivity contribution is -0.134. The summed E-state index contributed by atoms with van der Waals surface area (Å²) in [6.45, 7) is 11.0. The fraction of sp³-hybridized carbons (Fsp3) is 0.941. The molecule has 5 nitrogen and oxygen atoms in total. The summed E-state index contributed by atoms with van der Waals surface area (Å²) < 4.78 is 5.28. The summed E-state index contributed by atoms with van der Waals surface area (Å²) in [5, 5.41) is 13.2. The molecule has 2 fully saturated rings. The van der Waals surface area contributed by atoms with Crippen molar-refractivity contribution in [3.05, 3.63) is 0 Å². The molecule has 2 N–H and O–H groups in total. The molecule has 0 radical (unpaired) electrons. The Morgan fingerprint density at radius 2 is 1.86 bits per heavy atom. The number of hydrogen-bond donors (Lipinski definition) is 2. The number of nitrogens with one attached hydrogen (secondary N) is 1. The van der Waals surface area contributed by atoms with Gasteiger partial charge >= 0.3 is 0 Å². The quantitative estimate of drug-likeness (QED) is 0.802. The molecule has 5 heteroatoms. The summed E-state index contributed by atoms with van der Waals surface area (Å²) in [4.78, 5) is 14.6. The second-order valence-electron chi connectivity index (χ2n) is 7.47. The van der Waals surface area contributed by atoms with E-state index in [1.165, 1.54) is 6.42 Å². The molecule has 22 heavy (non-hydrogen) atoms. The van der Waals surface area contributed by atoms with Crippen molar-refractivity contribution in [1.82, 2.24) is 10.2 Å². The standard InChI is InChI=1S/C17H32N2O3/c1-12-8-13(2)10-19(9-12)11-14(3)18-17(21)16(20)15-4-6-22-7-5-15/h12-16,20H,4-11H2,1-3H3,(H,18,21)/t12-,13+,14-,16+/m1/s1. The van der Waals surface area contributed by atoms with Gasteiger partial charge in [-0.25, -0.2) is 0 Å². The van der Waals surface area contributed by atoms with E-state index in [0.29, 0.717) is 13.2 Å². The predicted octanol–water partition coefficient (Wildman–Crippen LogP) is 1.26. The number of amides is 1. The highest BCUT2D eigenvalue weighted by atomic mass is 16.5. The number of carbonyl (C=O) groups is 1. The molecule has 0 aromatic heterocycles. The molecule has 2 rings (SSSR count). The molecule has 0 aromatic carbocycles. The molecule has 0 spiro atoms. The molecular formula is C17H32N2O3. The maximum atomic E-state index is 12.2. The molecule has 4 atom stereocenters. The predicted molar refractivity (Wildman–Crippen MR) is 86.5 cm³/mol. The average molecular weight is 312 g/mol. The van der Waals surface area contributed by atoms with Crippen LogP contribution >= 0.6 is 0 Å². The highest BCUT2D eigenvalue weighted by molar-refractivity contribution is 5.81. The zero-order valence-electron chi connectivity index (χ0n) is 14.3. The smallest absolute Gasteiger partial charge is 0.249 e. The Morgan fingerprint density at radius 1 is 1.27 bits per heavy atom. The van der Waals surface area contributed by atoms with Crippen LogP contribution < -0.4 is 5.32 Å². The van der Waals surface area contributed by atoms with Crippen molar-refractivity contribution in [2.75, 3.05) is 32.8 Å². The van der Waals surface area contributed by atoms with Crippen molar-refractivity contribution in [2.45, 2.75) is 52.2 Å². The van der Waals surface area contributed by atoms with E-state index in [-0.39, 0.29) is 17.9 Å². The number of aliphatic hydroxyl groups excluding tert-OH is 1. The van der Waals surface area contributed by atoms with Crippen LogP contribution in [0.4, 0.5) is 0 Å². The molecule has 2 heterocycles. The minimum absolute atomic E-state index is 0.0379. The summed E-state index contributed by atoms with van der Waals surface area (Å²) in [5.74, 6) is 1.26. The molecule has 2 aliphatic heterocycles. The van der Waals surface area contributed by atoms with Gasteiger partial charge in [0.15, 0.2) is 0 Å². The van der Waals surface area contributed by atoms with Gasteiger partial charge in [-0.15, -0.1) is 0 Å². The van der Waals surface area contributed by atoms with Gasteiger partial charge in [-0.2, -0.15) is 0 Å². The van der Waals surface area contributed by atoms with E-state index in [1.807, 2.05) is 6.92 Å². The first kappa shape index (κ1) is 17.7. The molecule has 2 saturated heterocycles. The van der Waals surface area contributed by atoms with Gasteiger partial charge in [0, 0.05) is 38.9 Å². The van der Waals surface area contributed by atoms with Crippen molar-refractivity contribution in [3.8, 4) is 0 Å². The monoisotopic (exact) mass is 312 g/mol. The minimum Gasteiger partial charge on any atom is -0.383 e. The van der Waals surface area contributed by atoms with E-state index in [4.69, 9.17) is 4.74 Å². The normalized spacial score (nSPS) is 30.7. The largest absolute Gasteiger partial charge is 0.383 e. The van der Waals surface area contributed by atoms with Gasteiger partial charge in [-0.3, -0.25) is 4.79 Å². The Balaban J connectivity index is 1.75. The van der Waals surface area contributed by atoms with Gasteiger partial charge in [0.25, 0.3) is 0 Å². The SMILES string of the molecule is C[C@@H]1C[C@H](C)CN(C[C@@H](C)NC(=O)[C@@H](O)C2CCOCC2)C1. The highest BCUT2D eigenvalue weighted by Gasteiger charge is 2.29. The van der Waals surface area contributed by atoms with Crippen LogP contribution in [-0.4, -0.2) is 60.9 Å². The van der Waals surface area contributed by atoms with E-state index in [2.05, 4.69) is 24.1 Å². The number of rotatable bonds is 5. The third kappa shape index (κ3) is 5.21. The molecule has 0 unspecified atom stereocenters. The number of nitrogens with zero attached hydrogens (tertiary/aromatic N) is 1. The number of likely N-dealkylation sites (tertiary alicyclic amines) is 1. The van der Waals surface area contributed by atoms with Gasteiger partial charge in [-0.1, -0.05) is 13.8 Å². The Hall–Kier alpha value is -0.650. The van der Waals surface area contributed by atoms with E-state index >= 15 is 0 Å². The van der Waals surface area contributed by atoms with Gasteiger partial charge < -0.3 is 20.1 Å². The lowest BCUT2D eigenvalue weighted by Gasteiger charge is -2.36. The van der Waals surface area contributed by atoms with Crippen LogP contribution in [-0.2, 0) is 9.53 Å². The summed E-state index contributed by atoms with van der Waals surface area (Å²) in [6, 6.07) is 0.0690. The maximum absolute atomic E-state index is 12.2. The Labute approximate surface area is 134 Å². The number of carbonyl (C=O) groups excluding carboxylic acids is 1. The Morgan fingerprint density at radius 3 is 2.45 bits per heavy atom. The van der Waals surface area contributed by atoms with Gasteiger partial charge in [0.2, 0.25) is 5.91 Å². The number of ether oxygens (including phenoxy) is 1. The van der Waals surface area contributed by atoms with Crippen molar-refractivity contribution in [2.24, 2.45) is 17.8 Å². The fourth-order valence-corrected chi connectivity index (χ4v) is 3.95. The number of piperidine rings is 1. The number of aliphatic hydroxyl groups is 1. The van der Waals surface area contributed by atoms with Gasteiger partial charge in [0.1, 0.15) is 6.10 Å². The lowest BCUT2D eigenvalue weighted by Crippen LogP contribution is -2.50. The first-order valence-electron chi connectivity index (χ1n) is 8.74. The van der Waals surface area contributed by atoms with Crippen molar-refractivity contribution in [1.29, 1.82) is 0 Å². The van der Waals surface area contributed by atoms with Crippen LogP contribution in [0.5, 0.6) is 0 Å². The van der Waals surface area contributed by atoms with Gasteiger partial charge in [0.05, 0.1) is 0 Å². The Kier molecular flexibility index (Phi) is 6.66. The number of hydrogen-bond acceptors (Lipinski definition) is 4. The molecule has 2 aliphatic rings. The third-order valence-electron chi connectivity index (χ3n) is 4.85.